The van der Waals surface area contributed by atoms with Crippen molar-refractivity contribution in [2.24, 2.45) is 7.05 Å². The summed E-state index contributed by atoms with van der Waals surface area (Å²) in [4.78, 5) is 27.5. The van der Waals surface area contributed by atoms with Crippen molar-refractivity contribution >= 4 is 29.9 Å². The number of carbonyl (C=O) groups is 1. The number of anilines is 1. The standard InChI is InChI=1S/C18H20N8O3.ClH/c1-24-18(20-16(23-24)12-5-8-19-9-6-12)21-17(27)15-7-10-25(22-15)13-3-2-4-14(11-13)26(28)29;/h2-4,7,10-12,19H,5-6,8-9H2,1H3,(H,20,21,23,27);1H. The van der Waals surface area contributed by atoms with Gasteiger partial charge in [0.25, 0.3) is 11.6 Å². The number of nitrogens with zero attached hydrogens (tertiary/aromatic N) is 6. The number of amides is 1. The zero-order valence-electron chi connectivity index (χ0n) is 16.2. The van der Waals surface area contributed by atoms with E-state index in [9.17, 15) is 14.9 Å². The van der Waals surface area contributed by atoms with Crippen molar-refractivity contribution in [2.45, 2.75) is 18.8 Å². The molecule has 0 bridgehead atoms. The molecule has 4 rings (SSSR count). The predicted octanol–water partition coefficient (Wildman–Crippen LogP) is 2.05. The van der Waals surface area contributed by atoms with E-state index in [-0.39, 0.29) is 29.7 Å². The average Bonchev–Trinajstić information content (AvgIpc) is 3.36. The van der Waals surface area contributed by atoms with Crippen molar-refractivity contribution in [1.82, 2.24) is 29.9 Å². The van der Waals surface area contributed by atoms with E-state index in [1.807, 2.05) is 0 Å². The van der Waals surface area contributed by atoms with Crippen molar-refractivity contribution in [3.63, 3.8) is 0 Å². The third-order valence-electron chi connectivity index (χ3n) is 4.84. The second-order valence-corrected chi connectivity index (χ2v) is 6.82. The van der Waals surface area contributed by atoms with Crippen LogP contribution in [0.2, 0.25) is 0 Å². The summed E-state index contributed by atoms with van der Waals surface area (Å²) < 4.78 is 2.96. The van der Waals surface area contributed by atoms with Crippen LogP contribution in [0.15, 0.2) is 36.5 Å². The van der Waals surface area contributed by atoms with Gasteiger partial charge in [-0.25, -0.2) is 9.36 Å². The number of nitro benzene ring substituents is 1. The van der Waals surface area contributed by atoms with Gasteiger partial charge in [-0.1, -0.05) is 6.07 Å². The highest BCUT2D eigenvalue weighted by Gasteiger charge is 2.22. The van der Waals surface area contributed by atoms with Crippen molar-refractivity contribution in [3.8, 4) is 5.69 Å². The number of benzene rings is 1. The molecule has 0 atom stereocenters. The van der Waals surface area contributed by atoms with Crippen LogP contribution in [0, 0.1) is 10.1 Å². The lowest BCUT2D eigenvalue weighted by molar-refractivity contribution is -0.384. The minimum atomic E-state index is -0.478. The molecule has 0 saturated carbocycles. The van der Waals surface area contributed by atoms with Gasteiger partial charge in [0.15, 0.2) is 11.5 Å². The van der Waals surface area contributed by atoms with Gasteiger partial charge in [0.1, 0.15) is 0 Å². The van der Waals surface area contributed by atoms with Crippen LogP contribution in [0.25, 0.3) is 5.69 Å². The first-order valence-corrected chi connectivity index (χ1v) is 9.25. The third-order valence-corrected chi connectivity index (χ3v) is 4.84. The summed E-state index contributed by atoms with van der Waals surface area (Å²) in [5.74, 6) is 0.933. The molecule has 0 radical (unpaired) electrons. The summed E-state index contributed by atoms with van der Waals surface area (Å²) in [6.07, 6.45) is 3.50. The Morgan fingerprint density at radius 2 is 2.03 bits per heavy atom. The summed E-state index contributed by atoms with van der Waals surface area (Å²) in [6, 6.07) is 7.57. The molecule has 11 nitrogen and oxygen atoms in total. The number of carbonyl (C=O) groups excluding carboxylic acids is 1. The molecule has 1 aromatic carbocycles. The molecule has 1 amide bonds. The lowest BCUT2D eigenvalue weighted by atomic mass is 9.98. The van der Waals surface area contributed by atoms with Crippen molar-refractivity contribution in [2.75, 3.05) is 18.4 Å². The fourth-order valence-corrected chi connectivity index (χ4v) is 3.27. The molecule has 1 aliphatic rings. The molecule has 158 valence electrons. The largest absolute Gasteiger partial charge is 0.317 e. The zero-order chi connectivity index (χ0) is 20.4. The number of halogens is 1. The molecular weight excluding hydrogens is 412 g/mol. The maximum absolute atomic E-state index is 12.6. The molecule has 2 aromatic heterocycles. The molecule has 0 spiro atoms. The summed E-state index contributed by atoms with van der Waals surface area (Å²) in [7, 11) is 1.73. The van der Waals surface area contributed by atoms with E-state index in [4.69, 9.17) is 0 Å². The van der Waals surface area contributed by atoms with Crippen LogP contribution in [0.4, 0.5) is 11.6 Å². The van der Waals surface area contributed by atoms with Crippen LogP contribution >= 0.6 is 12.4 Å². The normalized spacial score (nSPS) is 14.2. The zero-order valence-corrected chi connectivity index (χ0v) is 17.0. The number of rotatable bonds is 5. The van der Waals surface area contributed by atoms with Gasteiger partial charge in [0.2, 0.25) is 5.95 Å². The van der Waals surface area contributed by atoms with E-state index in [1.165, 1.54) is 22.9 Å². The average molecular weight is 433 g/mol. The predicted molar refractivity (Wildman–Crippen MR) is 111 cm³/mol. The van der Waals surface area contributed by atoms with Crippen LogP contribution in [-0.4, -0.2) is 48.5 Å². The minimum Gasteiger partial charge on any atom is -0.317 e. The highest BCUT2D eigenvalue weighted by atomic mass is 35.5. The van der Waals surface area contributed by atoms with Gasteiger partial charge in [-0.05, 0) is 38.1 Å². The van der Waals surface area contributed by atoms with E-state index in [0.29, 0.717) is 11.6 Å². The van der Waals surface area contributed by atoms with Crippen molar-refractivity contribution in [3.05, 3.63) is 58.2 Å². The fourth-order valence-electron chi connectivity index (χ4n) is 3.27. The van der Waals surface area contributed by atoms with E-state index >= 15 is 0 Å². The number of hydrogen-bond donors (Lipinski definition) is 2. The Bertz CT molecular complexity index is 1060. The SMILES string of the molecule is Cl.Cn1nc(C2CCNCC2)nc1NC(=O)c1ccn(-c2cccc([N+](=O)[O-])c2)n1. The first-order valence-electron chi connectivity index (χ1n) is 9.25. The van der Waals surface area contributed by atoms with E-state index in [1.54, 1.807) is 30.1 Å². The number of aromatic nitrogens is 5. The highest BCUT2D eigenvalue weighted by Crippen LogP contribution is 2.23. The Labute approximate surface area is 178 Å². The summed E-state index contributed by atoms with van der Waals surface area (Å²) in [5.41, 5.74) is 0.613. The van der Waals surface area contributed by atoms with Crippen LogP contribution < -0.4 is 10.6 Å². The number of nitro groups is 1. The summed E-state index contributed by atoms with van der Waals surface area (Å²) >= 11 is 0. The lowest BCUT2D eigenvalue weighted by Crippen LogP contribution is -2.27. The molecule has 0 aliphatic carbocycles. The summed E-state index contributed by atoms with van der Waals surface area (Å²) in [6.45, 7) is 1.86. The minimum absolute atomic E-state index is 0. The topological polar surface area (TPSA) is 133 Å². The fraction of sp³-hybridized carbons (Fsp3) is 0.333. The number of non-ortho nitro benzene ring substituents is 1. The molecule has 30 heavy (non-hydrogen) atoms. The molecule has 2 N–H and O–H groups in total. The Morgan fingerprint density at radius 1 is 1.27 bits per heavy atom. The monoisotopic (exact) mass is 432 g/mol. The maximum Gasteiger partial charge on any atom is 0.278 e. The molecule has 1 fully saturated rings. The van der Waals surface area contributed by atoms with Crippen LogP contribution in [0.5, 0.6) is 0 Å². The van der Waals surface area contributed by atoms with Crippen LogP contribution in [-0.2, 0) is 7.05 Å². The van der Waals surface area contributed by atoms with E-state index in [2.05, 4.69) is 25.8 Å². The van der Waals surface area contributed by atoms with E-state index < -0.39 is 10.8 Å². The van der Waals surface area contributed by atoms with Gasteiger partial charge >= 0.3 is 0 Å². The molecule has 12 heteroatoms. The van der Waals surface area contributed by atoms with E-state index in [0.717, 1.165) is 31.8 Å². The Balaban J connectivity index is 0.00000256. The lowest BCUT2D eigenvalue weighted by Gasteiger charge is -2.19. The first kappa shape index (κ1) is 21.4. The maximum atomic E-state index is 12.6. The second kappa shape index (κ2) is 9.01. The smallest absolute Gasteiger partial charge is 0.278 e. The van der Waals surface area contributed by atoms with Crippen molar-refractivity contribution < 1.29 is 9.72 Å². The molecule has 1 aliphatic heterocycles. The van der Waals surface area contributed by atoms with Gasteiger partial charge in [-0.2, -0.15) is 15.2 Å². The molecule has 3 heterocycles. The number of hydrogen-bond acceptors (Lipinski definition) is 7. The second-order valence-electron chi connectivity index (χ2n) is 6.82. The highest BCUT2D eigenvalue weighted by molar-refractivity contribution is 6.01. The van der Waals surface area contributed by atoms with Gasteiger partial charge in [-0.3, -0.25) is 20.2 Å². The summed E-state index contributed by atoms with van der Waals surface area (Å²) in [5, 5.41) is 25.6. The quantitative estimate of drug-likeness (QED) is 0.465. The molecule has 1 saturated heterocycles. The first-order chi connectivity index (χ1) is 14.0. The molecule has 3 aromatic rings. The van der Waals surface area contributed by atoms with Gasteiger partial charge in [0, 0.05) is 31.3 Å². The van der Waals surface area contributed by atoms with Crippen molar-refractivity contribution in [1.29, 1.82) is 0 Å². The number of piperidine rings is 1. The number of aryl methyl sites for hydroxylation is 1. The molecular formula is C18H21ClN8O3. The van der Waals surface area contributed by atoms with Crippen LogP contribution in [0.3, 0.4) is 0 Å². The Hall–Kier alpha value is -3.31. The Kier molecular flexibility index (Phi) is 6.43. The van der Waals surface area contributed by atoms with Gasteiger partial charge in [-0.15, -0.1) is 12.4 Å². The Morgan fingerprint density at radius 3 is 2.77 bits per heavy atom. The van der Waals surface area contributed by atoms with Crippen LogP contribution in [0.1, 0.15) is 35.1 Å². The van der Waals surface area contributed by atoms with Gasteiger partial charge < -0.3 is 5.32 Å². The molecule has 0 unspecified atom stereocenters. The number of nitrogens with one attached hydrogen (secondary N) is 2. The third kappa shape index (κ3) is 4.47. The van der Waals surface area contributed by atoms with Gasteiger partial charge in [0.05, 0.1) is 10.6 Å².